The summed E-state index contributed by atoms with van der Waals surface area (Å²) in [6, 6.07) is 24.0. The summed E-state index contributed by atoms with van der Waals surface area (Å²) < 4.78 is 0. The average molecular weight is 286 g/mol. The molecule has 3 aromatic rings. The molecular formula is C22H22. The quantitative estimate of drug-likeness (QED) is 0.488. The van der Waals surface area contributed by atoms with Crippen molar-refractivity contribution in [1.29, 1.82) is 0 Å². The van der Waals surface area contributed by atoms with E-state index >= 15 is 0 Å². The Balaban J connectivity index is 0.000000693. The standard InChI is InChI=1S/C20H16.C2H6/c1-2-6-15(7-3-1)18-10-11-19-12-16-8-4-5-9-17(16)13-20(19)14-18;1-2/h1-9,12-14H,10-11H2;1-2H3. The van der Waals surface area contributed by atoms with E-state index in [4.69, 9.17) is 0 Å². The average Bonchev–Trinajstić information content (AvgIpc) is 2.62. The highest BCUT2D eigenvalue weighted by molar-refractivity contribution is 5.91. The van der Waals surface area contributed by atoms with E-state index in [1.165, 1.54) is 33.0 Å². The molecule has 0 radical (unpaired) electrons. The smallest absolute Gasteiger partial charge is 0.0178 e. The molecule has 0 nitrogen and oxygen atoms in total. The van der Waals surface area contributed by atoms with E-state index in [9.17, 15) is 0 Å². The maximum absolute atomic E-state index is 2.36. The van der Waals surface area contributed by atoms with Crippen LogP contribution in [0.2, 0.25) is 0 Å². The third kappa shape index (κ3) is 2.82. The molecule has 0 aromatic heterocycles. The van der Waals surface area contributed by atoms with Gasteiger partial charge < -0.3 is 0 Å². The molecule has 0 saturated heterocycles. The maximum atomic E-state index is 2.36. The first-order valence-electron chi connectivity index (χ1n) is 8.18. The Hall–Kier alpha value is -2.34. The van der Waals surface area contributed by atoms with Crippen LogP contribution in [0.5, 0.6) is 0 Å². The zero-order chi connectivity index (χ0) is 15.4. The van der Waals surface area contributed by atoms with Crippen molar-refractivity contribution in [3.05, 3.63) is 83.4 Å². The fourth-order valence-electron chi connectivity index (χ4n) is 3.07. The number of rotatable bonds is 1. The van der Waals surface area contributed by atoms with Crippen molar-refractivity contribution < 1.29 is 0 Å². The van der Waals surface area contributed by atoms with Crippen molar-refractivity contribution in [2.75, 3.05) is 0 Å². The SMILES string of the molecule is C1=C(c2ccccc2)CCc2cc3ccccc3cc21.CC. The number of allylic oxidation sites excluding steroid dienone is 1. The van der Waals surface area contributed by atoms with E-state index < -0.39 is 0 Å². The molecule has 0 heterocycles. The molecule has 0 fully saturated rings. The third-order valence-corrected chi connectivity index (χ3v) is 4.15. The van der Waals surface area contributed by atoms with Gasteiger partial charge in [0.2, 0.25) is 0 Å². The molecule has 0 heteroatoms. The summed E-state index contributed by atoms with van der Waals surface area (Å²) in [6.07, 6.45) is 4.64. The van der Waals surface area contributed by atoms with Gasteiger partial charge in [-0.15, -0.1) is 0 Å². The molecule has 0 bridgehead atoms. The van der Waals surface area contributed by atoms with Crippen LogP contribution in [0, 0.1) is 0 Å². The van der Waals surface area contributed by atoms with E-state index in [0.717, 1.165) is 12.8 Å². The molecule has 22 heavy (non-hydrogen) atoms. The van der Waals surface area contributed by atoms with Crippen molar-refractivity contribution in [2.45, 2.75) is 26.7 Å². The molecule has 0 spiro atoms. The molecule has 0 N–H and O–H groups in total. The summed E-state index contributed by atoms with van der Waals surface area (Å²) in [7, 11) is 0. The van der Waals surface area contributed by atoms with E-state index in [2.05, 4.69) is 72.8 Å². The first kappa shape index (κ1) is 14.6. The lowest BCUT2D eigenvalue weighted by atomic mass is 9.87. The van der Waals surface area contributed by atoms with Crippen molar-refractivity contribution in [3.8, 4) is 0 Å². The van der Waals surface area contributed by atoms with E-state index in [1.54, 1.807) is 0 Å². The number of hydrogen-bond acceptors (Lipinski definition) is 0. The minimum absolute atomic E-state index is 1.13. The van der Waals surface area contributed by atoms with Gasteiger partial charge in [-0.2, -0.15) is 0 Å². The summed E-state index contributed by atoms with van der Waals surface area (Å²) in [5, 5.41) is 2.68. The van der Waals surface area contributed by atoms with Crippen molar-refractivity contribution in [1.82, 2.24) is 0 Å². The molecule has 3 aromatic carbocycles. The van der Waals surface area contributed by atoms with Gasteiger partial charge in [-0.25, -0.2) is 0 Å². The van der Waals surface area contributed by atoms with E-state index in [0.29, 0.717) is 0 Å². The van der Waals surface area contributed by atoms with Crippen molar-refractivity contribution >= 4 is 22.4 Å². The van der Waals surface area contributed by atoms with Crippen molar-refractivity contribution in [3.63, 3.8) is 0 Å². The van der Waals surface area contributed by atoms with Gasteiger partial charge in [-0.3, -0.25) is 0 Å². The van der Waals surface area contributed by atoms with Gasteiger partial charge in [-0.1, -0.05) is 80.6 Å². The number of hydrogen-bond donors (Lipinski definition) is 0. The lowest BCUT2D eigenvalue weighted by Gasteiger charge is -2.17. The van der Waals surface area contributed by atoms with Crippen molar-refractivity contribution in [2.24, 2.45) is 0 Å². The lowest BCUT2D eigenvalue weighted by molar-refractivity contribution is 1.00. The number of aryl methyl sites for hydroxylation is 1. The van der Waals surface area contributed by atoms with Gasteiger partial charge in [0.15, 0.2) is 0 Å². The highest BCUT2D eigenvalue weighted by Gasteiger charge is 2.12. The van der Waals surface area contributed by atoms with Gasteiger partial charge in [0, 0.05) is 0 Å². The Bertz CT molecular complexity index is 795. The normalized spacial score (nSPS) is 12.9. The van der Waals surface area contributed by atoms with Crippen LogP contribution in [-0.2, 0) is 6.42 Å². The molecule has 0 unspecified atom stereocenters. The minimum Gasteiger partial charge on any atom is -0.0683 e. The van der Waals surface area contributed by atoms with E-state index in [-0.39, 0.29) is 0 Å². The van der Waals surface area contributed by atoms with Crippen LogP contribution >= 0.6 is 0 Å². The minimum atomic E-state index is 1.13. The lowest BCUT2D eigenvalue weighted by Crippen LogP contribution is -1.99. The first-order valence-corrected chi connectivity index (χ1v) is 8.18. The summed E-state index contributed by atoms with van der Waals surface area (Å²) >= 11 is 0. The summed E-state index contributed by atoms with van der Waals surface area (Å²) in [5.41, 5.74) is 5.66. The van der Waals surface area contributed by atoms with Crippen LogP contribution in [-0.4, -0.2) is 0 Å². The predicted molar refractivity (Wildman–Crippen MR) is 97.9 cm³/mol. The Kier molecular flexibility index (Phi) is 4.39. The third-order valence-electron chi connectivity index (χ3n) is 4.15. The summed E-state index contributed by atoms with van der Waals surface area (Å²) in [4.78, 5) is 0. The molecule has 1 aliphatic carbocycles. The second kappa shape index (κ2) is 6.62. The number of benzene rings is 3. The van der Waals surface area contributed by atoms with Gasteiger partial charge >= 0.3 is 0 Å². The van der Waals surface area contributed by atoms with Gasteiger partial charge in [0.1, 0.15) is 0 Å². The van der Waals surface area contributed by atoms with Crippen LogP contribution in [0.15, 0.2) is 66.7 Å². The Morgan fingerprint density at radius 2 is 1.32 bits per heavy atom. The molecule has 0 saturated carbocycles. The summed E-state index contributed by atoms with van der Waals surface area (Å²) in [5.74, 6) is 0. The largest absolute Gasteiger partial charge is 0.0683 e. The molecule has 0 atom stereocenters. The topological polar surface area (TPSA) is 0 Å². The Morgan fingerprint density at radius 1 is 0.682 bits per heavy atom. The van der Waals surface area contributed by atoms with Crippen LogP contribution < -0.4 is 0 Å². The van der Waals surface area contributed by atoms with E-state index in [1.807, 2.05) is 13.8 Å². The Labute approximate surface area is 133 Å². The highest BCUT2D eigenvalue weighted by atomic mass is 14.2. The van der Waals surface area contributed by atoms with Gasteiger partial charge in [-0.05, 0) is 51.9 Å². The van der Waals surface area contributed by atoms with Crippen LogP contribution in [0.3, 0.4) is 0 Å². The molecule has 4 rings (SSSR count). The van der Waals surface area contributed by atoms with Crippen LogP contribution in [0.4, 0.5) is 0 Å². The predicted octanol–water partition coefficient (Wildman–Crippen LogP) is 6.35. The monoisotopic (exact) mass is 286 g/mol. The van der Waals surface area contributed by atoms with Crippen LogP contribution in [0.25, 0.3) is 22.4 Å². The molecule has 0 aliphatic heterocycles. The molecular weight excluding hydrogens is 264 g/mol. The fraction of sp³-hybridized carbons (Fsp3) is 0.182. The molecule has 0 amide bonds. The fourth-order valence-corrected chi connectivity index (χ4v) is 3.07. The van der Waals surface area contributed by atoms with Gasteiger partial charge in [0.25, 0.3) is 0 Å². The second-order valence-electron chi connectivity index (χ2n) is 5.43. The molecule has 110 valence electrons. The Morgan fingerprint density at radius 3 is 2.05 bits per heavy atom. The van der Waals surface area contributed by atoms with Crippen LogP contribution in [0.1, 0.15) is 37.0 Å². The zero-order valence-corrected chi connectivity index (χ0v) is 13.3. The summed E-state index contributed by atoms with van der Waals surface area (Å²) in [6.45, 7) is 4.00. The zero-order valence-electron chi connectivity index (χ0n) is 13.3. The maximum Gasteiger partial charge on any atom is -0.0178 e. The highest BCUT2D eigenvalue weighted by Crippen LogP contribution is 2.32. The second-order valence-corrected chi connectivity index (χ2v) is 5.43. The first-order chi connectivity index (χ1) is 10.9. The molecule has 1 aliphatic rings. The van der Waals surface area contributed by atoms with Gasteiger partial charge in [0.05, 0.1) is 0 Å². The number of fused-ring (bicyclic) bond motifs is 2.